The van der Waals surface area contributed by atoms with Crippen LogP contribution in [0.2, 0.25) is 0 Å². The van der Waals surface area contributed by atoms with Crippen LogP contribution in [0.1, 0.15) is 27.7 Å². The summed E-state index contributed by atoms with van der Waals surface area (Å²) in [4.78, 5) is 11.2. The number of hydrogen-bond acceptors (Lipinski definition) is 3. The van der Waals surface area contributed by atoms with Gasteiger partial charge in [0.25, 0.3) is 0 Å². The van der Waals surface area contributed by atoms with E-state index in [1.807, 2.05) is 27.7 Å². The van der Waals surface area contributed by atoms with Crippen LogP contribution in [-0.4, -0.2) is 24.3 Å². The van der Waals surface area contributed by atoms with Crippen molar-refractivity contribution in [3.05, 3.63) is 12.2 Å². The quantitative estimate of drug-likeness (QED) is 0.677. The van der Waals surface area contributed by atoms with E-state index in [-0.39, 0.29) is 6.04 Å². The highest BCUT2D eigenvalue weighted by molar-refractivity contribution is 5.67. The number of rotatable bonds is 3. The van der Waals surface area contributed by atoms with Gasteiger partial charge in [-0.3, -0.25) is 0 Å². The first-order chi connectivity index (χ1) is 6.22. The molecule has 1 atom stereocenters. The number of nitrogens with two attached hydrogens (primary N) is 1. The van der Waals surface area contributed by atoms with Crippen LogP contribution in [0.5, 0.6) is 0 Å². The lowest BCUT2D eigenvalue weighted by Crippen LogP contribution is -2.40. The molecule has 82 valence electrons. The molecule has 0 aromatic carbocycles. The lowest BCUT2D eigenvalue weighted by Gasteiger charge is -2.20. The second-order valence-corrected chi connectivity index (χ2v) is 4.34. The van der Waals surface area contributed by atoms with E-state index in [2.05, 4.69) is 11.9 Å². The Hall–Kier alpha value is -1.03. The van der Waals surface area contributed by atoms with Gasteiger partial charge in [-0.1, -0.05) is 12.2 Å². The third-order valence-corrected chi connectivity index (χ3v) is 1.50. The van der Waals surface area contributed by atoms with E-state index in [0.717, 1.165) is 5.57 Å². The second-order valence-electron chi connectivity index (χ2n) is 4.34. The largest absolute Gasteiger partial charge is 0.444 e. The summed E-state index contributed by atoms with van der Waals surface area (Å²) in [5.74, 6) is 0. The molecule has 4 nitrogen and oxygen atoms in total. The van der Waals surface area contributed by atoms with E-state index in [1.165, 1.54) is 0 Å². The minimum atomic E-state index is -0.475. The van der Waals surface area contributed by atoms with Gasteiger partial charge in [0.2, 0.25) is 0 Å². The molecule has 0 rings (SSSR count). The maximum absolute atomic E-state index is 11.2. The van der Waals surface area contributed by atoms with Crippen LogP contribution in [0, 0.1) is 0 Å². The van der Waals surface area contributed by atoms with Crippen molar-refractivity contribution < 1.29 is 9.53 Å². The number of nitrogens with one attached hydrogen (secondary N) is 1. The summed E-state index contributed by atoms with van der Waals surface area (Å²) in [5, 5.41) is 2.57. The molecule has 0 aliphatic rings. The minimum Gasteiger partial charge on any atom is -0.444 e. The zero-order valence-corrected chi connectivity index (χ0v) is 9.39. The molecule has 0 saturated carbocycles. The van der Waals surface area contributed by atoms with E-state index in [4.69, 9.17) is 10.5 Å². The Balaban J connectivity index is 3.81. The summed E-state index contributed by atoms with van der Waals surface area (Å²) in [6.45, 7) is 11.3. The summed E-state index contributed by atoms with van der Waals surface area (Å²) in [5.41, 5.74) is 6.02. The van der Waals surface area contributed by atoms with Crippen molar-refractivity contribution in [2.75, 3.05) is 6.54 Å². The molecule has 0 unspecified atom stereocenters. The maximum Gasteiger partial charge on any atom is 0.407 e. The van der Waals surface area contributed by atoms with Crippen molar-refractivity contribution >= 4 is 6.09 Å². The molecule has 1 amide bonds. The highest BCUT2D eigenvalue weighted by Crippen LogP contribution is 2.06. The van der Waals surface area contributed by atoms with Gasteiger partial charge in [-0.15, -0.1) is 0 Å². The van der Waals surface area contributed by atoms with Crippen molar-refractivity contribution in [2.24, 2.45) is 5.73 Å². The maximum atomic E-state index is 11.2. The number of amides is 1. The Bertz CT molecular complexity index is 219. The Morgan fingerprint density at radius 2 is 2.07 bits per heavy atom. The molecule has 0 radical (unpaired) electrons. The fourth-order valence-electron chi connectivity index (χ4n) is 0.682. The van der Waals surface area contributed by atoms with Gasteiger partial charge in [-0.05, 0) is 27.7 Å². The third kappa shape index (κ3) is 6.48. The average molecular weight is 200 g/mol. The summed E-state index contributed by atoms with van der Waals surface area (Å²) >= 11 is 0. The lowest BCUT2D eigenvalue weighted by molar-refractivity contribution is 0.0526. The molecule has 4 heteroatoms. The Labute approximate surface area is 85.5 Å². The van der Waals surface area contributed by atoms with E-state index >= 15 is 0 Å². The van der Waals surface area contributed by atoms with Gasteiger partial charge in [0.1, 0.15) is 5.60 Å². The highest BCUT2D eigenvalue weighted by atomic mass is 16.6. The predicted octanol–water partition coefficient (Wildman–Crippen LogP) is 1.41. The van der Waals surface area contributed by atoms with Gasteiger partial charge >= 0.3 is 6.09 Å². The van der Waals surface area contributed by atoms with Gasteiger partial charge in [-0.2, -0.15) is 0 Å². The van der Waals surface area contributed by atoms with Gasteiger partial charge < -0.3 is 15.8 Å². The number of carbonyl (C=O) groups is 1. The van der Waals surface area contributed by atoms with Crippen molar-refractivity contribution in [1.29, 1.82) is 0 Å². The molecular formula is C10H20N2O2. The van der Waals surface area contributed by atoms with Crippen LogP contribution in [-0.2, 0) is 4.74 Å². The van der Waals surface area contributed by atoms with Crippen LogP contribution in [0.4, 0.5) is 4.79 Å². The normalized spacial score (nSPS) is 13.2. The number of alkyl carbamates (subject to hydrolysis) is 1. The number of ether oxygens (including phenoxy) is 1. The summed E-state index contributed by atoms with van der Waals surface area (Å²) in [6, 6.07) is -0.220. The molecule has 0 fully saturated rings. The molecule has 0 saturated heterocycles. The molecule has 0 aliphatic carbocycles. The van der Waals surface area contributed by atoms with Crippen molar-refractivity contribution in [1.82, 2.24) is 5.32 Å². The molecule has 0 aliphatic heterocycles. The summed E-state index contributed by atoms with van der Waals surface area (Å²) in [7, 11) is 0. The third-order valence-electron chi connectivity index (χ3n) is 1.50. The van der Waals surface area contributed by atoms with E-state index in [9.17, 15) is 4.79 Å². The molecule has 0 aromatic heterocycles. The summed E-state index contributed by atoms with van der Waals surface area (Å²) < 4.78 is 5.03. The van der Waals surface area contributed by atoms with Gasteiger partial charge in [-0.25, -0.2) is 4.79 Å². The zero-order chi connectivity index (χ0) is 11.4. The monoisotopic (exact) mass is 200 g/mol. The SMILES string of the molecule is C=C(C)[C@H](N)CNC(=O)OC(C)(C)C. The smallest absolute Gasteiger partial charge is 0.407 e. The first kappa shape index (κ1) is 13.0. The Morgan fingerprint density at radius 3 is 2.43 bits per heavy atom. The van der Waals surface area contributed by atoms with Crippen LogP contribution in [0.25, 0.3) is 0 Å². The molecule has 0 heterocycles. The minimum absolute atomic E-state index is 0.220. The number of carbonyl (C=O) groups excluding carboxylic acids is 1. The van der Waals surface area contributed by atoms with Crippen molar-refractivity contribution in [3.63, 3.8) is 0 Å². The van der Waals surface area contributed by atoms with E-state index in [0.29, 0.717) is 6.54 Å². The molecule has 0 bridgehead atoms. The van der Waals surface area contributed by atoms with Gasteiger partial charge in [0, 0.05) is 12.6 Å². The average Bonchev–Trinajstić information content (AvgIpc) is 1.96. The molecule has 0 spiro atoms. The van der Waals surface area contributed by atoms with Crippen LogP contribution < -0.4 is 11.1 Å². The Kier molecular flexibility index (Phi) is 4.63. The van der Waals surface area contributed by atoms with E-state index in [1.54, 1.807) is 0 Å². The second kappa shape index (κ2) is 5.00. The van der Waals surface area contributed by atoms with Crippen LogP contribution >= 0.6 is 0 Å². The molecule has 3 N–H and O–H groups in total. The zero-order valence-electron chi connectivity index (χ0n) is 9.39. The van der Waals surface area contributed by atoms with Crippen molar-refractivity contribution in [2.45, 2.75) is 39.3 Å². The predicted molar refractivity (Wildman–Crippen MR) is 57.0 cm³/mol. The topological polar surface area (TPSA) is 64.3 Å². The molecule has 14 heavy (non-hydrogen) atoms. The lowest BCUT2D eigenvalue weighted by atomic mass is 10.2. The first-order valence-electron chi connectivity index (χ1n) is 4.60. The Morgan fingerprint density at radius 1 is 1.57 bits per heavy atom. The molecule has 0 aromatic rings. The summed E-state index contributed by atoms with van der Waals surface area (Å²) in [6.07, 6.45) is -0.450. The van der Waals surface area contributed by atoms with Crippen LogP contribution in [0.15, 0.2) is 12.2 Å². The van der Waals surface area contributed by atoms with E-state index < -0.39 is 11.7 Å². The van der Waals surface area contributed by atoms with Crippen molar-refractivity contribution in [3.8, 4) is 0 Å². The standard InChI is InChI=1S/C10H20N2O2/c1-7(2)8(11)6-12-9(13)14-10(3,4)5/h8H,1,6,11H2,2-5H3,(H,12,13)/t8-/m1/s1. The fourth-order valence-corrected chi connectivity index (χ4v) is 0.682. The van der Waals surface area contributed by atoms with Gasteiger partial charge in [0.15, 0.2) is 0 Å². The first-order valence-corrected chi connectivity index (χ1v) is 4.60. The van der Waals surface area contributed by atoms with Gasteiger partial charge in [0.05, 0.1) is 0 Å². The van der Waals surface area contributed by atoms with Crippen LogP contribution in [0.3, 0.4) is 0 Å². The highest BCUT2D eigenvalue weighted by Gasteiger charge is 2.16. The molecular weight excluding hydrogens is 180 g/mol. The number of hydrogen-bond donors (Lipinski definition) is 2. The fraction of sp³-hybridized carbons (Fsp3) is 0.700.